The van der Waals surface area contributed by atoms with Gasteiger partial charge >= 0.3 is 0 Å². The van der Waals surface area contributed by atoms with E-state index in [-0.39, 0.29) is 16.3 Å². The number of carbonyl (C=O) groups is 1. The van der Waals surface area contributed by atoms with Crippen molar-refractivity contribution in [2.24, 2.45) is 0 Å². The summed E-state index contributed by atoms with van der Waals surface area (Å²) in [5, 5.41) is 10.7. The van der Waals surface area contributed by atoms with E-state index in [1.54, 1.807) is 12.1 Å². The number of hydrogen-bond donors (Lipinski definition) is 2. The first kappa shape index (κ1) is 19.9. The molecule has 0 saturated heterocycles. The van der Waals surface area contributed by atoms with Gasteiger partial charge in [0, 0.05) is 10.6 Å². The van der Waals surface area contributed by atoms with Crippen LogP contribution in [0.3, 0.4) is 0 Å². The lowest BCUT2D eigenvalue weighted by Crippen LogP contribution is -2.13. The molecule has 0 spiro atoms. The van der Waals surface area contributed by atoms with Gasteiger partial charge in [0.15, 0.2) is 5.82 Å². The van der Waals surface area contributed by atoms with Gasteiger partial charge in [0.25, 0.3) is 5.91 Å². The molecule has 0 saturated carbocycles. The Labute approximate surface area is 176 Å². The molecular weight excluding hydrogens is 449 g/mol. The zero-order chi connectivity index (χ0) is 19.8. The predicted octanol–water partition coefficient (Wildman–Crippen LogP) is 6.70. The van der Waals surface area contributed by atoms with Gasteiger partial charge < -0.3 is 5.32 Å². The fraction of sp³-hybridized carbons (Fsp3) is 0.200. The van der Waals surface area contributed by atoms with Crippen LogP contribution in [0.2, 0.25) is 10.0 Å². The molecule has 3 aromatic rings. The summed E-state index contributed by atoms with van der Waals surface area (Å²) in [6.45, 7) is 6.51. The standard InChI is InChI=1S/C20H18BrCl2N3O/c1-20(2,3)12-6-4-11(5-7-12)17-16(21)18(26-25-17)24-19(27)14-9-8-13(22)10-15(14)23/h4-10H,1-3H3,(H2,24,25,26,27). The van der Waals surface area contributed by atoms with E-state index in [2.05, 4.69) is 64.3 Å². The summed E-state index contributed by atoms with van der Waals surface area (Å²) in [5.41, 5.74) is 3.40. The van der Waals surface area contributed by atoms with Gasteiger partial charge in [-0.15, -0.1) is 0 Å². The molecule has 0 atom stereocenters. The van der Waals surface area contributed by atoms with Gasteiger partial charge in [-0.05, 0) is 45.1 Å². The number of anilines is 1. The third kappa shape index (κ3) is 4.37. The topological polar surface area (TPSA) is 57.8 Å². The molecule has 0 radical (unpaired) electrons. The minimum absolute atomic E-state index is 0.0841. The molecule has 1 aromatic heterocycles. The molecule has 0 fully saturated rings. The summed E-state index contributed by atoms with van der Waals surface area (Å²) in [4.78, 5) is 12.5. The summed E-state index contributed by atoms with van der Waals surface area (Å²) in [6.07, 6.45) is 0. The average Bonchev–Trinajstić information content (AvgIpc) is 2.95. The molecule has 7 heteroatoms. The molecule has 27 heavy (non-hydrogen) atoms. The molecule has 0 aliphatic rings. The van der Waals surface area contributed by atoms with E-state index < -0.39 is 0 Å². The number of nitrogens with one attached hydrogen (secondary N) is 2. The van der Waals surface area contributed by atoms with Crippen molar-refractivity contribution in [3.8, 4) is 11.3 Å². The first-order valence-electron chi connectivity index (χ1n) is 8.28. The van der Waals surface area contributed by atoms with Crippen LogP contribution < -0.4 is 5.32 Å². The van der Waals surface area contributed by atoms with E-state index in [1.165, 1.54) is 11.6 Å². The molecular formula is C20H18BrCl2N3O. The summed E-state index contributed by atoms with van der Waals surface area (Å²) >= 11 is 15.5. The smallest absolute Gasteiger partial charge is 0.258 e. The van der Waals surface area contributed by atoms with Crippen LogP contribution in [-0.4, -0.2) is 16.1 Å². The minimum Gasteiger partial charge on any atom is -0.304 e. The summed E-state index contributed by atoms with van der Waals surface area (Å²) < 4.78 is 0.671. The minimum atomic E-state index is -0.363. The fourth-order valence-corrected chi connectivity index (χ4v) is 3.59. The van der Waals surface area contributed by atoms with E-state index in [1.807, 2.05) is 12.1 Å². The van der Waals surface area contributed by atoms with E-state index in [9.17, 15) is 4.79 Å². The fourth-order valence-electron chi connectivity index (χ4n) is 2.59. The SMILES string of the molecule is CC(C)(C)c1ccc(-c2[nH]nc(NC(=O)c3ccc(Cl)cc3Cl)c2Br)cc1. The quantitative estimate of drug-likeness (QED) is 0.451. The molecule has 0 aliphatic carbocycles. The van der Waals surface area contributed by atoms with E-state index in [0.717, 1.165) is 11.3 Å². The number of rotatable bonds is 3. The van der Waals surface area contributed by atoms with Crippen LogP contribution in [0.4, 0.5) is 5.82 Å². The summed E-state index contributed by atoms with van der Waals surface area (Å²) in [5.74, 6) is 0.0272. The van der Waals surface area contributed by atoms with Crippen molar-refractivity contribution in [1.29, 1.82) is 0 Å². The lowest BCUT2D eigenvalue weighted by atomic mass is 9.86. The number of aromatic amines is 1. The Morgan fingerprint density at radius 1 is 1.11 bits per heavy atom. The van der Waals surface area contributed by atoms with E-state index in [4.69, 9.17) is 23.2 Å². The van der Waals surface area contributed by atoms with Crippen LogP contribution in [0.15, 0.2) is 46.9 Å². The van der Waals surface area contributed by atoms with Crippen molar-refractivity contribution in [2.75, 3.05) is 5.32 Å². The number of aromatic nitrogens is 2. The molecule has 1 amide bonds. The number of hydrogen-bond acceptors (Lipinski definition) is 2. The maximum atomic E-state index is 12.5. The van der Waals surface area contributed by atoms with Gasteiger partial charge in [-0.2, -0.15) is 5.10 Å². The zero-order valence-electron chi connectivity index (χ0n) is 15.0. The molecule has 4 nitrogen and oxygen atoms in total. The molecule has 140 valence electrons. The van der Waals surface area contributed by atoms with Crippen molar-refractivity contribution in [3.63, 3.8) is 0 Å². The third-order valence-corrected chi connectivity index (χ3v) is 5.47. The van der Waals surface area contributed by atoms with Crippen molar-refractivity contribution < 1.29 is 4.79 Å². The van der Waals surface area contributed by atoms with Gasteiger partial charge in [0.2, 0.25) is 0 Å². The van der Waals surface area contributed by atoms with Gasteiger partial charge in [-0.25, -0.2) is 0 Å². The number of H-pyrrole nitrogens is 1. The highest BCUT2D eigenvalue weighted by molar-refractivity contribution is 9.10. The monoisotopic (exact) mass is 465 g/mol. The second-order valence-electron chi connectivity index (χ2n) is 7.17. The Bertz CT molecular complexity index is 991. The Kier molecular flexibility index (Phi) is 5.65. The Balaban J connectivity index is 1.84. The van der Waals surface area contributed by atoms with Gasteiger partial charge in [-0.3, -0.25) is 9.89 Å². The molecule has 0 bridgehead atoms. The predicted molar refractivity (Wildman–Crippen MR) is 115 cm³/mol. The van der Waals surface area contributed by atoms with Crippen molar-refractivity contribution in [1.82, 2.24) is 10.2 Å². The van der Waals surface area contributed by atoms with Crippen LogP contribution in [0.1, 0.15) is 36.7 Å². The number of benzene rings is 2. The van der Waals surface area contributed by atoms with Crippen LogP contribution in [0.5, 0.6) is 0 Å². The number of nitrogens with zero attached hydrogens (tertiary/aromatic N) is 1. The molecule has 0 aliphatic heterocycles. The van der Waals surface area contributed by atoms with Crippen LogP contribution in [0, 0.1) is 0 Å². The lowest BCUT2D eigenvalue weighted by Gasteiger charge is -2.19. The number of amides is 1. The second-order valence-corrected chi connectivity index (χ2v) is 8.80. The molecule has 2 N–H and O–H groups in total. The Morgan fingerprint density at radius 3 is 2.37 bits per heavy atom. The highest BCUT2D eigenvalue weighted by Gasteiger charge is 2.18. The van der Waals surface area contributed by atoms with Gasteiger partial charge in [0.05, 0.1) is 20.8 Å². The maximum absolute atomic E-state index is 12.5. The largest absolute Gasteiger partial charge is 0.304 e. The first-order valence-corrected chi connectivity index (χ1v) is 9.83. The summed E-state index contributed by atoms with van der Waals surface area (Å²) in [7, 11) is 0. The van der Waals surface area contributed by atoms with Crippen LogP contribution >= 0.6 is 39.1 Å². The van der Waals surface area contributed by atoms with Crippen LogP contribution in [0.25, 0.3) is 11.3 Å². The molecule has 2 aromatic carbocycles. The number of carbonyl (C=O) groups excluding carboxylic acids is 1. The molecule has 1 heterocycles. The maximum Gasteiger partial charge on any atom is 0.258 e. The van der Waals surface area contributed by atoms with Gasteiger partial charge in [-0.1, -0.05) is 68.2 Å². The highest BCUT2D eigenvalue weighted by Crippen LogP contribution is 2.33. The molecule has 3 rings (SSSR count). The van der Waals surface area contributed by atoms with Crippen LogP contribution in [-0.2, 0) is 5.41 Å². The highest BCUT2D eigenvalue weighted by atomic mass is 79.9. The normalized spacial score (nSPS) is 11.5. The first-order chi connectivity index (χ1) is 12.7. The van der Waals surface area contributed by atoms with Crippen molar-refractivity contribution in [3.05, 3.63) is 68.1 Å². The van der Waals surface area contributed by atoms with Gasteiger partial charge in [0.1, 0.15) is 0 Å². The van der Waals surface area contributed by atoms with Crippen molar-refractivity contribution >= 4 is 50.9 Å². The second kappa shape index (κ2) is 7.66. The zero-order valence-corrected chi connectivity index (χ0v) is 18.1. The van der Waals surface area contributed by atoms with E-state index in [0.29, 0.717) is 20.9 Å². The van der Waals surface area contributed by atoms with E-state index >= 15 is 0 Å². The Morgan fingerprint density at radius 2 is 1.78 bits per heavy atom. The van der Waals surface area contributed by atoms with Crippen molar-refractivity contribution in [2.45, 2.75) is 26.2 Å². The third-order valence-electron chi connectivity index (χ3n) is 4.15. The average molecular weight is 467 g/mol. The lowest BCUT2D eigenvalue weighted by molar-refractivity contribution is 0.102. The summed E-state index contributed by atoms with van der Waals surface area (Å²) in [6, 6.07) is 13.0. The Hall–Kier alpha value is -1.82. The molecule has 0 unspecified atom stereocenters. The number of halogens is 3.